The molecule has 3 aromatic rings. The van der Waals surface area contributed by atoms with Crippen LogP contribution in [0.3, 0.4) is 0 Å². The van der Waals surface area contributed by atoms with Crippen LogP contribution in [0.2, 0.25) is 0 Å². The molecule has 0 bridgehead atoms. The van der Waals surface area contributed by atoms with E-state index < -0.39 is 0 Å². The number of carbonyl (C=O) groups excluding carboxylic acids is 1. The van der Waals surface area contributed by atoms with Crippen molar-refractivity contribution in [1.29, 1.82) is 5.26 Å². The standard InChI is InChI=1S/C21H22N6O3/c1-13-8-16(10-17(29)9-13)20-18(12-27(26-20)7-5-22)19-4-6-23-21(25-19)24-11-14(2)30-15(3)28/h4,6,8-10,12,14,29H,7,11H2,1-3H3,(H,23,24,25)/t14-/m0/s1. The second-order valence-electron chi connectivity index (χ2n) is 6.87. The first-order valence-electron chi connectivity index (χ1n) is 9.35. The lowest BCUT2D eigenvalue weighted by Gasteiger charge is -2.13. The van der Waals surface area contributed by atoms with Crippen LogP contribution in [0.15, 0.2) is 36.7 Å². The Morgan fingerprint density at radius 3 is 2.90 bits per heavy atom. The van der Waals surface area contributed by atoms with Crippen molar-refractivity contribution in [2.24, 2.45) is 0 Å². The quantitative estimate of drug-likeness (QED) is 0.574. The van der Waals surface area contributed by atoms with Crippen LogP contribution in [0.5, 0.6) is 5.75 Å². The van der Waals surface area contributed by atoms with Gasteiger partial charge in [-0.25, -0.2) is 9.97 Å². The molecule has 0 unspecified atom stereocenters. The minimum absolute atomic E-state index is 0.0842. The van der Waals surface area contributed by atoms with E-state index in [0.717, 1.165) is 11.1 Å². The smallest absolute Gasteiger partial charge is 0.302 e. The Bertz CT molecular complexity index is 1080. The zero-order valence-corrected chi connectivity index (χ0v) is 17.0. The van der Waals surface area contributed by atoms with Gasteiger partial charge in [-0.3, -0.25) is 9.48 Å². The number of rotatable bonds is 7. The normalized spacial score (nSPS) is 11.5. The molecule has 0 aliphatic rings. The number of hydrogen-bond donors (Lipinski definition) is 2. The van der Waals surface area contributed by atoms with Gasteiger partial charge in [0.15, 0.2) is 0 Å². The Labute approximate surface area is 174 Å². The predicted molar refractivity (Wildman–Crippen MR) is 110 cm³/mol. The van der Waals surface area contributed by atoms with Crippen molar-refractivity contribution in [2.75, 3.05) is 11.9 Å². The number of aryl methyl sites for hydroxylation is 1. The molecule has 9 heteroatoms. The van der Waals surface area contributed by atoms with Gasteiger partial charge >= 0.3 is 5.97 Å². The van der Waals surface area contributed by atoms with E-state index in [4.69, 9.17) is 10.00 Å². The van der Waals surface area contributed by atoms with Crippen LogP contribution >= 0.6 is 0 Å². The van der Waals surface area contributed by atoms with E-state index in [1.807, 2.05) is 13.0 Å². The van der Waals surface area contributed by atoms with Crippen molar-refractivity contribution < 1.29 is 14.6 Å². The zero-order chi connectivity index (χ0) is 21.7. The van der Waals surface area contributed by atoms with E-state index in [-0.39, 0.29) is 24.4 Å². The Hall–Kier alpha value is -3.93. The van der Waals surface area contributed by atoms with Gasteiger partial charge in [-0.2, -0.15) is 10.4 Å². The number of nitrogens with zero attached hydrogens (tertiary/aromatic N) is 5. The molecular formula is C21H22N6O3. The topological polar surface area (TPSA) is 126 Å². The molecule has 1 aromatic carbocycles. The summed E-state index contributed by atoms with van der Waals surface area (Å²) in [5, 5.41) is 26.6. The van der Waals surface area contributed by atoms with Crippen LogP contribution in [-0.2, 0) is 16.1 Å². The highest BCUT2D eigenvalue weighted by Crippen LogP contribution is 2.32. The molecule has 0 saturated carbocycles. The van der Waals surface area contributed by atoms with Crippen LogP contribution in [-0.4, -0.2) is 43.5 Å². The van der Waals surface area contributed by atoms with Gasteiger partial charge in [-0.15, -0.1) is 0 Å². The van der Waals surface area contributed by atoms with E-state index >= 15 is 0 Å². The molecule has 0 fully saturated rings. The first kappa shape index (κ1) is 20.8. The summed E-state index contributed by atoms with van der Waals surface area (Å²) in [4.78, 5) is 19.8. The van der Waals surface area contributed by atoms with E-state index in [1.165, 1.54) is 11.6 Å². The predicted octanol–water partition coefficient (Wildman–Crippen LogP) is 2.91. The van der Waals surface area contributed by atoms with Crippen LogP contribution in [0.25, 0.3) is 22.5 Å². The molecule has 0 spiro atoms. The van der Waals surface area contributed by atoms with Crippen LogP contribution in [0.1, 0.15) is 19.4 Å². The molecule has 1 atom stereocenters. The van der Waals surface area contributed by atoms with Crippen molar-refractivity contribution in [3.8, 4) is 34.3 Å². The lowest BCUT2D eigenvalue weighted by atomic mass is 10.0. The minimum Gasteiger partial charge on any atom is -0.508 e. The number of phenolic OH excluding ortho intramolecular Hbond substituents is 1. The van der Waals surface area contributed by atoms with Crippen molar-refractivity contribution in [1.82, 2.24) is 19.7 Å². The third kappa shape index (κ3) is 5.11. The maximum absolute atomic E-state index is 11.0. The van der Waals surface area contributed by atoms with Gasteiger partial charge < -0.3 is 15.2 Å². The maximum atomic E-state index is 11.0. The summed E-state index contributed by atoms with van der Waals surface area (Å²) in [5.41, 5.74) is 3.51. The average molecular weight is 406 g/mol. The molecule has 0 saturated heterocycles. The molecule has 0 aliphatic carbocycles. The van der Waals surface area contributed by atoms with Gasteiger partial charge in [0.1, 0.15) is 24.1 Å². The minimum atomic E-state index is -0.352. The molecular weight excluding hydrogens is 384 g/mol. The zero-order valence-electron chi connectivity index (χ0n) is 17.0. The van der Waals surface area contributed by atoms with E-state index in [1.54, 1.807) is 37.5 Å². The summed E-state index contributed by atoms with van der Waals surface area (Å²) in [6, 6.07) is 9.01. The molecule has 2 N–H and O–H groups in total. The summed E-state index contributed by atoms with van der Waals surface area (Å²) < 4.78 is 6.62. The number of anilines is 1. The second-order valence-corrected chi connectivity index (χ2v) is 6.87. The number of aromatic hydroxyl groups is 1. The molecule has 0 radical (unpaired) electrons. The molecule has 2 heterocycles. The molecule has 0 aliphatic heterocycles. The third-order valence-electron chi connectivity index (χ3n) is 4.18. The third-order valence-corrected chi connectivity index (χ3v) is 4.18. The molecule has 154 valence electrons. The number of aromatic nitrogens is 4. The van der Waals surface area contributed by atoms with Gasteiger partial charge in [-0.05, 0) is 43.7 Å². The van der Waals surface area contributed by atoms with Crippen LogP contribution in [0.4, 0.5) is 5.95 Å². The summed E-state index contributed by atoms with van der Waals surface area (Å²) >= 11 is 0. The largest absolute Gasteiger partial charge is 0.508 e. The number of esters is 1. The number of nitrogens with one attached hydrogen (secondary N) is 1. The number of ether oxygens (including phenoxy) is 1. The fraction of sp³-hybridized carbons (Fsp3) is 0.286. The highest BCUT2D eigenvalue weighted by atomic mass is 16.5. The lowest BCUT2D eigenvalue weighted by Crippen LogP contribution is -2.22. The van der Waals surface area contributed by atoms with E-state index in [2.05, 4.69) is 26.5 Å². The average Bonchev–Trinajstić information content (AvgIpc) is 3.10. The number of nitriles is 1. The molecule has 3 rings (SSSR count). The first-order chi connectivity index (χ1) is 14.4. The number of phenols is 1. The molecule has 2 aromatic heterocycles. The van der Waals surface area contributed by atoms with Gasteiger partial charge in [0.25, 0.3) is 0 Å². The van der Waals surface area contributed by atoms with E-state index in [9.17, 15) is 9.90 Å². The van der Waals surface area contributed by atoms with Crippen LogP contribution < -0.4 is 5.32 Å². The summed E-state index contributed by atoms with van der Waals surface area (Å²) in [6.45, 7) is 5.45. The molecule has 30 heavy (non-hydrogen) atoms. The van der Waals surface area contributed by atoms with E-state index in [0.29, 0.717) is 29.4 Å². The number of hydrogen-bond acceptors (Lipinski definition) is 8. The second kappa shape index (κ2) is 9.05. The van der Waals surface area contributed by atoms with Crippen molar-refractivity contribution >= 4 is 11.9 Å². The molecule has 0 amide bonds. The highest BCUT2D eigenvalue weighted by molar-refractivity contribution is 5.79. The summed E-state index contributed by atoms with van der Waals surface area (Å²) in [6.07, 6.45) is 3.02. The van der Waals surface area contributed by atoms with Gasteiger partial charge in [0.2, 0.25) is 5.95 Å². The Kier molecular flexibility index (Phi) is 6.27. The molecule has 9 nitrogen and oxygen atoms in total. The Morgan fingerprint density at radius 1 is 1.40 bits per heavy atom. The van der Waals surface area contributed by atoms with Gasteiger partial charge in [0.05, 0.1) is 18.3 Å². The summed E-state index contributed by atoms with van der Waals surface area (Å²) in [5.74, 6) is 0.155. The van der Waals surface area contributed by atoms with Gasteiger partial charge in [-0.1, -0.05) is 0 Å². The lowest BCUT2D eigenvalue weighted by molar-refractivity contribution is -0.144. The first-order valence-corrected chi connectivity index (χ1v) is 9.35. The monoisotopic (exact) mass is 406 g/mol. The van der Waals surface area contributed by atoms with Crippen LogP contribution in [0, 0.1) is 18.3 Å². The van der Waals surface area contributed by atoms with Gasteiger partial charge in [0, 0.05) is 30.4 Å². The maximum Gasteiger partial charge on any atom is 0.302 e. The Balaban J connectivity index is 1.95. The van der Waals surface area contributed by atoms with Crippen molar-refractivity contribution in [2.45, 2.75) is 33.4 Å². The van der Waals surface area contributed by atoms with Crippen molar-refractivity contribution in [3.63, 3.8) is 0 Å². The fourth-order valence-electron chi connectivity index (χ4n) is 3.03. The highest BCUT2D eigenvalue weighted by Gasteiger charge is 2.16. The Morgan fingerprint density at radius 2 is 2.20 bits per heavy atom. The summed E-state index contributed by atoms with van der Waals surface area (Å²) in [7, 11) is 0. The number of carbonyl (C=O) groups is 1. The SMILES string of the molecule is CC(=O)O[C@@H](C)CNc1nccc(-c2cn(CC#N)nc2-c2cc(C)cc(O)c2)n1. The number of benzene rings is 1. The fourth-order valence-corrected chi connectivity index (χ4v) is 3.03. The van der Waals surface area contributed by atoms with Crippen molar-refractivity contribution in [3.05, 3.63) is 42.2 Å².